The van der Waals surface area contributed by atoms with Gasteiger partial charge in [-0.1, -0.05) is 34.1 Å². The van der Waals surface area contributed by atoms with Gasteiger partial charge in [0.2, 0.25) is 0 Å². The Hall–Kier alpha value is -0.0400. The maximum absolute atomic E-state index is 10.4. The van der Waals surface area contributed by atoms with Crippen LogP contribution in [-0.4, -0.2) is 11.2 Å². The SMILES string of the molecule is CC1(C)CCCC2(C)C3C(O)CC2(C)CC31. The smallest absolute Gasteiger partial charge is 0.0582 e. The summed E-state index contributed by atoms with van der Waals surface area (Å²) in [6.45, 7) is 9.77. The highest BCUT2D eigenvalue weighted by atomic mass is 16.3. The lowest BCUT2D eigenvalue weighted by Gasteiger charge is -2.41. The van der Waals surface area contributed by atoms with E-state index in [2.05, 4.69) is 27.7 Å². The van der Waals surface area contributed by atoms with Gasteiger partial charge in [-0.2, -0.15) is 0 Å². The molecule has 0 radical (unpaired) electrons. The van der Waals surface area contributed by atoms with E-state index in [0.29, 0.717) is 22.2 Å². The lowest BCUT2D eigenvalue weighted by Crippen LogP contribution is -2.36. The molecule has 92 valence electrons. The summed E-state index contributed by atoms with van der Waals surface area (Å²) in [5, 5.41) is 10.4. The summed E-state index contributed by atoms with van der Waals surface area (Å²) in [5.41, 5.74) is 1.28. The first-order valence-corrected chi connectivity index (χ1v) is 6.98. The zero-order chi connectivity index (χ0) is 11.8. The van der Waals surface area contributed by atoms with Crippen molar-refractivity contribution in [2.75, 3.05) is 0 Å². The molecule has 4 bridgehead atoms. The number of hydrogen-bond acceptors (Lipinski definition) is 1. The molecular formula is C15H26O. The maximum Gasteiger partial charge on any atom is 0.0582 e. The largest absolute Gasteiger partial charge is 0.393 e. The van der Waals surface area contributed by atoms with Gasteiger partial charge in [0.05, 0.1) is 6.10 Å². The first-order valence-electron chi connectivity index (χ1n) is 6.98. The summed E-state index contributed by atoms with van der Waals surface area (Å²) in [5.74, 6) is 1.34. The van der Waals surface area contributed by atoms with Crippen LogP contribution in [0.2, 0.25) is 0 Å². The lowest BCUT2D eigenvalue weighted by atomic mass is 9.64. The van der Waals surface area contributed by atoms with Gasteiger partial charge < -0.3 is 5.11 Å². The predicted octanol–water partition coefficient (Wildman–Crippen LogP) is 3.61. The minimum absolute atomic E-state index is 0.0221. The van der Waals surface area contributed by atoms with E-state index in [-0.39, 0.29) is 6.10 Å². The van der Waals surface area contributed by atoms with E-state index < -0.39 is 0 Å². The van der Waals surface area contributed by atoms with Gasteiger partial charge in [-0.3, -0.25) is 0 Å². The second-order valence-electron chi connectivity index (χ2n) is 7.93. The van der Waals surface area contributed by atoms with Gasteiger partial charge in [0.25, 0.3) is 0 Å². The highest BCUT2D eigenvalue weighted by Gasteiger charge is 2.68. The number of hydrogen-bond donors (Lipinski definition) is 1. The Morgan fingerprint density at radius 2 is 1.69 bits per heavy atom. The van der Waals surface area contributed by atoms with E-state index in [1.165, 1.54) is 25.7 Å². The molecule has 1 heteroatoms. The first-order chi connectivity index (χ1) is 7.30. The van der Waals surface area contributed by atoms with Crippen LogP contribution in [0.15, 0.2) is 0 Å². The third-order valence-electron chi connectivity index (χ3n) is 6.81. The van der Waals surface area contributed by atoms with Crippen LogP contribution in [-0.2, 0) is 0 Å². The van der Waals surface area contributed by atoms with E-state index in [4.69, 9.17) is 0 Å². The standard InChI is InChI=1S/C15H26O/c1-13(2)6-5-7-15(4)12-10(13)8-14(15,3)9-11(12)16/h10-12,16H,5-9H2,1-4H3. The molecule has 1 nitrogen and oxygen atoms in total. The van der Waals surface area contributed by atoms with Gasteiger partial charge in [-0.25, -0.2) is 0 Å². The fourth-order valence-corrected chi connectivity index (χ4v) is 5.62. The Labute approximate surface area is 99.6 Å². The highest BCUT2D eigenvalue weighted by Crippen LogP contribution is 2.74. The zero-order valence-corrected chi connectivity index (χ0v) is 11.2. The van der Waals surface area contributed by atoms with Crippen LogP contribution in [0.1, 0.15) is 59.8 Å². The van der Waals surface area contributed by atoms with Crippen molar-refractivity contribution in [1.82, 2.24) is 0 Å². The molecule has 5 unspecified atom stereocenters. The van der Waals surface area contributed by atoms with Gasteiger partial charge in [-0.15, -0.1) is 0 Å². The third kappa shape index (κ3) is 1.06. The van der Waals surface area contributed by atoms with Crippen molar-refractivity contribution in [2.45, 2.75) is 65.9 Å². The van der Waals surface area contributed by atoms with E-state index in [9.17, 15) is 5.11 Å². The van der Waals surface area contributed by atoms with E-state index in [0.717, 1.165) is 12.3 Å². The van der Waals surface area contributed by atoms with Crippen LogP contribution in [0, 0.1) is 28.1 Å². The van der Waals surface area contributed by atoms with Crippen molar-refractivity contribution in [3.05, 3.63) is 0 Å². The Morgan fingerprint density at radius 1 is 1.00 bits per heavy atom. The molecule has 0 saturated heterocycles. The molecule has 0 heterocycles. The van der Waals surface area contributed by atoms with Crippen LogP contribution >= 0.6 is 0 Å². The summed E-state index contributed by atoms with van der Waals surface area (Å²) < 4.78 is 0. The summed E-state index contributed by atoms with van der Waals surface area (Å²) in [4.78, 5) is 0. The van der Waals surface area contributed by atoms with Gasteiger partial charge in [0, 0.05) is 0 Å². The number of rotatable bonds is 0. The molecule has 3 rings (SSSR count). The molecule has 3 aliphatic carbocycles. The Morgan fingerprint density at radius 3 is 2.38 bits per heavy atom. The molecule has 3 aliphatic rings. The van der Waals surface area contributed by atoms with Crippen molar-refractivity contribution in [1.29, 1.82) is 0 Å². The van der Waals surface area contributed by atoms with Gasteiger partial charge in [0.15, 0.2) is 0 Å². The van der Waals surface area contributed by atoms with Crippen molar-refractivity contribution in [2.24, 2.45) is 28.1 Å². The third-order valence-corrected chi connectivity index (χ3v) is 6.81. The van der Waals surface area contributed by atoms with Gasteiger partial charge >= 0.3 is 0 Å². The summed E-state index contributed by atoms with van der Waals surface area (Å²) >= 11 is 0. The van der Waals surface area contributed by atoms with Crippen LogP contribution in [0.4, 0.5) is 0 Å². The first kappa shape index (κ1) is 11.1. The Bertz CT molecular complexity index is 321. The van der Waals surface area contributed by atoms with Gasteiger partial charge in [0.1, 0.15) is 0 Å². The number of aliphatic hydroxyl groups excluding tert-OH is 1. The molecule has 0 aromatic heterocycles. The zero-order valence-electron chi connectivity index (χ0n) is 11.2. The normalized spacial score (nSPS) is 58.7. The molecule has 5 atom stereocenters. The average Bonchev–Trinajstić information content (AvgIpc) is 2.41. The summed E-state index contributed by atoms with van der Waals surface area (Å²) in [6.07, 6.45) is 6.45. The molecule has 3 fully saturated rings. The summed E-state index contributed by atoms with van der Waals surface area (Å²) in [6, 6.07) is 0. The fourth-order valence-electron chi connectivity index (χ4n) is 5.62. The highest BCUT2D eigenvalue weighted by molar-refractivity contribution is 5.17. The molecule has 0 aromatic carbocycles. The van der Waals surface area contributed by atoms with Crippen molar-refractivity contribution in [3.8, 4) is 0 Å². The van der Waals surface area contributed by atoms with E-state index in [1.54, 1.807) is 0 Å². The quantitative estimate of drug-likeness (QED) is 0.664. The number of aliphatic hydroxyl groups is 1. The molecule has 0 spiro atoms. The van der Waals surface area contributed by atoms with Crippen LogP contribution in [0.5, 0.6) is 0 Å². The summed E-state index contributed by atoms with van der Waals surface area (Å²) in [7, 11) is 0. The molecule has 0 amide bonds. The molecule has 0 aliphatic heterocycles. The van der Waals surface area contributed by atoms with Crippen molar-refractivity contribution >= 4 is 0 Å². The Balaban J connectivity index is 2.09. The second-order valence-corrected chi connectivity index (χ2v) is 7.93. The second kappa shape index (κ2) is 2.85. The predicted molar refractivity (Wildman–Crippen MR) is 66.1 cm³/mol. The van der Waals surface area contributed by atoms with E-state index >= 15 is 0 Å². The average molecular weight is 222 g/mol. The van der Waals surface area contributed by atoms with E-state index in [1.807, 2.05) is 0 Å². The van der Waals surface area contributed by atoms with Gasteiger partial charge in [-0.05, 0) is 53.8 Å². The minimum atomic E-state index is -0.0221. The minimum Gasteiger partial charge on any atom is -0.393 e. The monoisotopic (exact) mass is 222 g/mol. The topological polar surface area (TPSA) is 20.2 Å². The lowest BCUT2D eigenvalue weighted by molar-refractivity contribution is 0.0141. The molecule has 16 heavy (non-hydrogen) atoms. The molecule has 1 N–H and O–H groups in total. The van der Waals surface area contributed by atoms with Crippen LogP contribution in [0.3, 0.4) is 0 Å². The fraction of sp³-hybridized carbons (Fsp3) is 1.00. The van der Waals surface area contributed by atoms with Crippen molar-refractivity contribution in [3.63, 3.8) is 0 Å². The Kier molecular flexibility index (Phi) is 1.98. The molecule has 3 saturated carbocycles. The van der Waals surface area contributed by atoms with Crippen LogP contribution in [0.25, 0.3) is 0 Å². The molecule has 0 aromatic rings. The molecular weight excluding hydrogens is 196 g/mol. The van der Waals surface area contributed by atoms with Crippen LogP contribution < -0.4 is 0 Å². The van der Waals surface area contributed by atoms with Crippen molar-refractivity contribution < 1.29 is 5.11 Å². The maximum atomic E-state index is 10.4.